The number of hydrogen-bond acceptors (Lipinski definition) is 2. The molecule has 0 saturated carbocycles. The number of carbonyl (C=O) groups excluding carboxylic acids is 1. The Morgan fingerprint density at radius 2 is 2.13 bits per heavy atom. The molecule has 4 heteroatoms. The average Bonchev–Trinajstić information content (AvgIpc) is 2.09. The summed E-state index contributed by atoms with van der Waals surface area (Å²) >= 11 is 0. The van der Waals surface area contributed by atoms with Crippen molar-refractivity contribution in [2.24, 2.45) is 5.92 Å². The number of carbonyl (C=O) groups is 2. The van der Waals surface area contributed by atoms with Crippen molar-refractivity contribution in [3.63, 3.8) is 0 Å². The molecule has 82 valence electrons. The SMILES string of the molecule is CC(=O)NC1=C(C(=O)O)C=C(C)C(C)C1. The standard InChI is InChI=1S/C11H15NO3/c1-6-4-9(11(14)15)10(5-7(6)2)12-8(3)13/h4,7H,5H2,1-3H3,(H,12,13)(H,14,15). The van der Waals surface area contributed by atoms with Crippen LogP contribution in [0.4, 0.5) is 0 Å². The van der Waals surface area contributed by atoms with E-state index in [-0.39, 0.29) is 17.4 Å². The van der Waals surface area contributed by atoms with Gasteiger partial charge >= 0.3 is 5.97 Å². The van der Waals surface area contributed by atoms with E-state index in [2.05, 4.69) is 5.32 Å². The van der Waals surface area contributed by atoms with Crippen LogP contribution in [0.2, 0.25) is 0 Å². The van der Waals surface area contributed by atoms with Crippen LogP contribution in [0.25, 0.3) is 0 Å². The molecule has 0 aromatic carbocycles. The van der Waals surface area contributed by atoms with Gasteiger partial charge in [0.15, 0.2) is 0 Å². The molecule has 1 aliphatic rings. The predicted molar refractivity (Wildman–Crippen MR) is 56.0 cm³/mol. The third-order valence-corrected chi connectivity index (χ3v) is 2.54. The topological polar surface area (TPSA) is 66.4 Å². The molecular formula is C11H15NO3. The summed E-state index contributed by atoms with van der Waals surface area (Å²) in [5.74, 6) is -0.955. The molecule has 4 nitrogen and oxygen atoms in total. The van der Waals surface area contributed by atoms with Gasteiger partial charge in [0.05, 0.1) is 5.57 Å². The number of hydrogen-bond donors (Lipinski definition) is 2. The number of aliphatic carboxylic acids is 1. The van der Waals surface area contributed by atoms with E-state index >= 15 is 0 Å². The summed E-state index contributed by atoms with van der Waals surface area (Å²) < 4.78 is 0. The molecule has 2 N–H and O–H groups in total. The number of rotatable bonds is 2. The predicted octanol–water partition coefficient (Wildman–Crippen LogP) is 1.45. The van der Waals surface area contributed by atoms with Gasteiger partial charge in [-0.05, 0) is 25.3 Å². The molecule has 0 saturated heterocycles. The zero-order chi connectivity index (χ0) is 11.6. The summed E-state index contributed by atoms with van der Waals surface area (Å²) in [5.41, 5.74) is 1.73. The number of amides is 1. The number of carboxylic acids is 1. The highest BCUT2D eigenvalue weighted by molar-refractivity contribution is 5.92. The summed E-state index contributed by atoms with van der Waals surface area (Å²) in [4.78, 5) is 21.9. The third kappa shape index (κ3) is 2.68. The molecule has 0 spiro atoms. The van der Waals surface area contributed by atoms with Gasteiger partial charge in [-0.2, -0.15) is 0 Å². The van der Waals surface area contributed by atoms with E-state index in [1.54, 1.807) is 6.08 Å². The second kappa shape index (κ2) is 4.29. The molecule has 1 aliphatic carbocycles. The van der Waals surface area contributed by atoms with Crippen molar-refractivity contribution >= 4 is 11.9 Å². The quantitative estimate of drug-likeness (QED) is 0.723. The van der Waals surface area contributed by atoms with E-state index in [9.17, 15) is 9.59 Å². The van der Waals surface area contributed by atoms with Crippen LogP contribution in [0.15, 0.2) is 22.9 Å². The van der Waals surface area contributed by atoms with Crippen molar-refractivity contribution in [3.8, 4) is 0 Å². The van der Waals surface area contributed by atoms with Gasteiger partial charge < -0.3 is 10.4 Å². The second-order valence-electron chi connectivity index (χ2n) is 3.87. The summed E-state index contributed by atoms with van der Waals surface area (Å²) in [5, 5.41) is 11.6. The molecule has 1 rings (SSSR count). The van der Waals surface area contributed by atoms with Crippen LogP contribution >= 0.6 is 0 Å². The highest BCUT2D eigenvalue weighted by Crippen LogP contribution is 2.27. The average molecular weight is 209 g/mol. The Kier molecular flexibility index (Phi) is 3.29. The second-order valence-corrected chi connectivity index (χ2v) is 3.87. The highest BCUT2D eigenvalue weighted by Gasteiger charge is 2.21. The highest BCUT2D eigenvalue weighted by atomic mass is 16.4. The Bertz CT molecular complexity index is 366. The van der Waals surface area contributed by atoms with E-state index in [4.69, 9.17) is 5.11 Å². The Morgan fingerprint density at radius 3 is 2.60 bits per heavy atom. The largest absolute Gasteiger partial charge is 0.478 e. The van der Waals surface area contributed by atoms with Crippen LogP contribution in [0.5, 0.6) is 0 Å². The molecule has 0 aromatic rings. The zero-order valence-corrected chi connectivity index (χ0v) is 9.13. The molecule has 0 aromatic heterocycles. The molecule has 0 bridgehead atoms. The van der Waals surface area contributed by atoms with Crippen molar-refractivity contribution < 1.29 is 14.7 Å². The maximum absolute atomic E-state index is 10.9. The van der Waals surface area contributed by atoms with E-state index < -0.39 is 5.97 Å². The van der Waals surface area contributed by atoms with Crippen molar-refractivity contribution in [3.05, 3.63) is 22.9 Å². The first kappa shape index (κ1) is 11.5. The Morgan fingerprint density at radius 1 is 1.53 bits per heavy atom. The first-order chi connectivity index (χ1) is 6.91. The zero-order valence-electron chi connectivity index (χ0n) is 9.13. The Labute approximate surface area is 88.7 Å². The van der Waals surface area contributed by atoms with E-state index in [0.29, 0.717) is 12.1 Å². The molecule has 1 unspecified atom stereocenters. The fourth-order valence-corrected chi connectivity index (χ4v) is 1.56. The smallest absolute Gasteiger partial charge is 0.337 e. The van der Waals surface area contributed by atoms with Crippen molar-refractivity contribution in [2.75, 3.05) is 0 Å². The normalized spacial score (nSPS) is 21.0. The summed E-state index contributed by atoms with van der Waals surface area (Å²) in [6, 6.07) is 0. The third-order valence-electron chi connectivity index (χ3n) is 2.54. The van der Waals surface area contributed by atoms with Crippen molar-refractivity contribution in [2.45, 2.75) is 27.2 Å². The maximum Gasteiger partial charge on any atom is 0.337 e. The fourth-order valence-electron chi connectivity index (χ4n) is 1.56. The lowest BCUT2D eigenvalue weighted by Gasteiger charge is -2.22. The minimum atomic E-state index is -0.995. The number of carboxylic acid groups (broad SMARTS) is 1. The molecular weight excluding hydrogens is 194 g/mol. The lowest BCUT2D eigenvalue weighted by atomic mass is 9.88. The summed E-state index contributed by atoms with van der Waals surface area (Å²) in [6.45, 7) is 5.28. The summed E-state index contributed by atoms with van der Waals surface area (Å²) in [7, 11) is 0. The lowest BCUT2D eigenvalue weighted by molar-refractivity contribution is -0.132. The van der Waals surface area contributed by atoms with Gasteiger partial charge in [0, 0.05) is 12.6 Å². The Hall–Kier alpha value is -1.58. The van der Waals surface area contributed by atoms with Gasteiger partial charge in [-0.25, -0.2) is 4.79 Å². The monoisotopic (exact) mass is 209 g/mol. The van der Waals surface area contributed by atoms with Crippen LogP contribution in [-0.4, -0.2) is 17.0 Å². The van der Waals surface area contributed by atoms with E-state index in [1.807, 2.05) is 13.8 Å². The maximum atomic E-state index is 10.9. The van der Waals surface area contributed by atoms with Crippen molar-refractivity contribution in [1.82, 2.24) is 5.32 Å². The summed E-state index contributed by atoms with van der Waals surface area (Å²) in [6.07, 6.45) is 2.20. The van der Waals surface area contributed by atoms with Crippen LogP contribution in [0.1, 0.15) is 27.2 Å². The molecule has 1 amide bonds. The number of allylic oxidation sites excluding steroid dienone is 2. The van der Waals surface area contributed by atoms with Gasteiger partial charge in [-0.1, -0.05) is 12.5 Å². The fraction of sp³-hybridized carbons (Fsp3) is 0.455. The lowest BCUT2D eigenvalue weighted by Crippen LogP contribution is -2.26. The van der Waals surface area contributed by atoms with Crippen molar-refractivity contribution in [1.29, 1.82) is 0 Å². The van der Waals surface area contributed by atoms with Gasteiger partial charge in [-0.15, -0.1) is 0 Å². The van der Waals surface area contributed by atoms with Gasteiger partial charge in [-0.3, -0.25) is 4.79 Å². The van der Waals surface area contributed by atoms with Gasteiger partial charge in [0.1, 0.15) is 0 Å². The van der Waals surface area contributed by atoms with Crippen LogP contribution in [0.3, 0.4) is 0 Å². The minimum absolute atomic E-state index is 0.195. The van der Waals surface area contributed by atoms with Gasteiger partial charge in [0.25, 0.3) is 0 Å². The minimum Gasteiger partial charge on any atom is -0.478 e. The molecule has 1 atom stereocenters. The van der Waals surface area contributed by atoms with E-state index in [0.717, 1.165) is 5.57 Å². The van der Waals surface area contributed by atoms with E-state index in [1.165, 1.54) is 6.92 Å². The first-order valence-corrected chi connectivity index (χ1v) is 4.84. The number of nitrogens with one attached hydrogen (secondary N) is 1. The first-order valence-electron chi connectivity index (χ1n) is 4.84. The molecule has 15 heavy (non-hydrogen) atoms. The van der Waals surface area contributed by atoms with Crippen LogP contribution in [0, 0.1) is 5.92 Å². The molecule has 0 fully saturated rings. The van der Waals surface area contributed by atoms with Crippen LogP contribution < -0.4 is 5.32 Å². The molecule has 0 aliphatic heterocycles. The van der Waals surface area contributed by atoms with Crippen LogP contribution in [-0.2, 0) is 9.59 Å². The van der Waals surface area contributed by atoms with Gasteiger partial charge in [0.2, 0.25) is 5.91 Å². The molecule has 0 radical (unpaired) electrons. The Balaban J connectivity index is 3.07. The molecule has 0 heterocycles.